The van der Waals surface area contributed by atoms with Crippen LogP contribution in [0.5, 0.6) is 0 Å². The van der Waals surface area contributed by atoms with Gasteiger partial charge in [-0.1, -0.05) is 42.3 Å². The summed E-state index contributed by atoms with van der Waals surface area (Å²) in [6.07, 6.45) is -3.42. The fourth-order valence-corrected chi connectivity index (χ4v) is 4.46. The van der Waals surface area contributed by atoms with Gasteiger partial charge in [-0.2, -0.15) is 13.2 Å². The van der Waals surface area contributed by atoms with E-state index in [2.05, 4.69) is 5.32 Å². The molecule has 2 aromatic carbocycles. The van der Waals surface area contributed by atoms with Crippen molar-refractivity contribution in [3.8, 4) is 0 Å². The number of alkyl halides is 3. The van der Waals surface area contributed by atoms with Gasteiger partial charge >= 0.3 is 6.18 Å². The van der Waals surface area contributed by atoms with E-state index in [0.29, 0.717) is 33.9 Å². The molecule has 36 heavy (non-hydrogen) atoms. The Morgan fingerprint density at radius 1 is 1.08 bits per heavy atom. The molecule has 198 valence electrons. The number of anilines is 1. The van der Waals surface area contributed by atoms with Crippen molar-refractivity contribution in [3.05, 3.63) is 63.6 Å². The molecule has 1 atom stereocenters. The van der Waals surface area contributed by atoms with Crippen molar-refractivity contribution < 1.29 is 31.2 Å². The number of amides is 2. The second-order valence-corrected chi connectivity index (χ2v) is 10.8. The van der Waals surface area contributed by atoms with Gasteiger partial charge < -0.3 is 10.2 Å². The van der Waals surface area contributed by atoms with E-state index in [1.54, 1.807) is 24.3 Å². The van der Waals surface area contributed by atoms with Gasteiger partial charge in [0, 0.05) is 18.1 Å². The predicted octanol–water partition coefficient (Wildman–Crippen LogP) is 4.72. The van der Waals surface area contributed by atoms with Crippen molar-refractivity contribution in [2.75, 3.05) is 23.7 Å². The van der Waals surface area contributed by atoms with Crippen LogP contribution in [-0.4, -0.2) is 50.5 Å². The molecule has 0 saturated carbocycles. The maximum absolute atomic E-state index is 13.4. The molecule has 0 aliphatic carbocycles. The lowest BCUT2D eigenvalue weighted by molar-refractivity contribution is -0.139. The molecule has 0 aliphatic heterocycles. The first kappa shape index (κ1) is 29.7. The predicted molar refractivity (Wildman–Crippen MR) is 133 cm³/mol. The van der Waals surface area contributed by atoms with Gasteiger partial charge in [-0.25, -0.2) is 8.42 Å². The molecule has 0 radical (unpaired) electrons. The Bertz CT molecular complexity index is 1190. The van der Waals surface area contributed by atoms with Crippen LogP contribution < -0.4 is 9.62 Å². The maximum atomic E-state index is 13.4. The summed E-state index contributed by atoms with van der Waals surface area (Å²) in [7, 11) is -4.20. The Balaban J connectivity index is 2.45. The number of nitrogens with one attached hydrogen (secondary N) is 1. The molecule has 0 aliphatic rings. The fourth-order valence-electron chi connectivity index (χ4n) is 3.26. The van der Waals surface area contributed by atoms with Crippen LogP contribution in [0.2, 0.25) is 10.0 Å². The second kappa shape index (κ2) is 12.2. The monoisotopic (exact) mass is 567 g/mol. The molecule has 0 heterocycles. The van der Waals surface area contributed by atoms with Gasteiger partial charge in [0.15, 0.2) is 0 Å². The number of sulfonamides is 1. The van der Waals surface area contributed by atoms with Gasteiger partial charge in [-0.05, 0) is 49.2 Å². The molecule has 2 amide bonds. The van der Waals surface area contributed by atoms with Crippen LogP contribution in [0.1, 0.15) is 31.4 Å². The smallest absolute Gasteiger partial charge is 0.354 e. The molecule has 1 N–H and O–H groups in total. The van der Waals surface area contributed by atoms with E-state index in [1.165, 1.54) is 6.92 Å². The second-order valence-electron chi connectivity index (χ2n) is 8.05. The van der Waals surface area contributed by atoms with E-state index in [0.717, 1.165) is 23.3 Å². The highest BCUT2D eigenvalue weighted by Gasteiger charge is 2.35. The number of halogens is 5. The molecule has 13 heteroatoms. The van der Waals surface area contributed by atoms with Gasteiger partial charge in [-0.3, -0.25) is 13.9 Å². The molecule has 2 rings (SSSR count). The molecular formula is C23H26Cl2F3N3O4S. The molecule has 0 saturated heterocycles. The minimum absolute atomic E-state index is 0.0667. The third kappa shape index (κ3) is 8.01. The normalized spacial score (nSPS) is 12.7. The number of rotatable bonds is 10. The van der Waals surface area contributed by atoms with Crippen molar-refractivity contribution in [1.29, 1.82) is 0 Å². The molecule has 0 bridgehead atoms. The average molecular weight is 568 g/mol. The van der Waals surface area contributed by atoms with E-state index < -0.39 is 56.9 Å². The Morgan fingerprint density at radius 3 is 2.22 bits per heavy atom. The molecule has 1 unspecified atom stereocenters. The number of hydrogen-bond acceptors (Lipinski definition) is 4. The number of carbonyl (C=O) groups is 2. The van der Waals surface area contributed by atoms with Crippen LogP contribution in [-0.2, 0) is 32.3 Å². The Kier molecular flexibility index (Phi) is 10.0. The topological polar surface area (TPSA) is 86.8 Å². The largest absolute Gasteiger partial charge is 0.417 e. The third-order valence-corrected chi connectivity index (χ3v) is 6.93. The first-order valence-electron chi connectivity index (χ1n) is 10.8. The zero-order chi connectivity index (χ0) is 27.3. The van der Waals surface area contributed by atoms with Crippen LogP contribution in [0, 0.1) is 0 Å². The fraction of sp³-hybridized carbons (Fsp3) is 0.391. The summed E-state index contributed by atoms with van der Waals surface area (Å²) in [5.74, 6) is -1.26. The average Bonchev–Trinajstić information content (AvgIpc) is 2.79. The quantitative estimate of drug-likeness (QED) is 0.450. The summed E-state index contributed by atoms with van der Waals surface area (Å²) in [4.78, 5) is 27.2. The van der Waals surface area contributed by atoms with Crippen molar-refractivity contribution in [2.45, 2.75) is 39.0 Å². The van der Waals surface area contributed by atoms with Gasteiger partial charge in [-0.15, -0.1) is 0 Å². The molecule has 0 fully saturated rings. The zero-order valence-corrected chi connectivity index (χ0v) is 22.1. The number of hydrogen-bond donors (Lipinski definition) is 1. The summed E-state index contributed by atoms with van der Waals surface area (Å²) in [6.45, 7) is 2.80. The maximum Gasteiger partial charge on any atom is 0.417 e. The van der Waals surface area contributed by atoms with Gasteiger partial charge in [0.2, 0.25) is 21.8 Å². The number of carbonyl (C=O) groups excluding carboxylic acids is 2. The Labute approximate surface area is 218 Å². The van der Waals surface area contributed by atoms with E-state index in [1.807, 2.05) is 6.92 Å². The van der Waals surface area contributed by atoms with Gasteiger partial charge in [0.05, 0.1) is 22.5 Å². The molecule has 0 aromatic heterocycles. The SMILES string of the molecule is CCCNC(=O)C(C)N(Cc1ccc(Cl)cc1)C(=O)CN(c1ccc(Cl)c(C(F)(F)F)c1)S(C)(=O)=O. The van der Waals surface area contributed by atoms with E-state index in [9.17, 15) is 31.2 Å². The lowest BCUT2D eigenvalue weighted by atomic mass is 10.1. The third-order valence-electron chi connectivity index (χ3n) is 5.21. The van der Waals surface area contributed by atoms with Crippen LogP contribution in [0.4, 0.5) is 18.9 Å². The van der Waals surface area contributed by atoms with Crippen molar-refractivity contribution >= 4 is 50.7 Å². The van der Waals surface area contributed by atoms with Crippen LogP contribution >= 0.6 is 23.2 Å². The van der Waals surface area contributed by atoms with Gasteiger partial charge in [0.25, 0.3) is 0 Å². The lowest BCUT2D eigenvalue weighted by Gasteiger charge is -2.31. The summed E-state index contributed by atoms with van der Waals surface area (Å²) >= 11 is 11.6. The van der Waals surface area contributed by atoms with Crippen LogP contribution in [0.3, 0.4) is 0 Å². The van der Waals surface area contributed by atoms with E-state index in [-0.39, 0.29) is 6.54 Å². The first-order valence-corrected chi connectivity index (χ1v) is 13.4. The standard InChI is InChI=1S/C23H26Cl2F3N3O4S/c1-4-11-29-22(33)15(2)30(13-16-5-7-17(24)8-6-16)21(32)14-31(36(3,34)35)18-9-10-20(25)19(12-18)23(26,27)28/h5-10,12,15H,4,11,13-14H2,1-3H3,(H,29,33). The zero-order valence-electron chi connectivity index (χ0n) is 19.8. The van der Waals surface area contributed by atoms with Crippen molar-refractivity contribution in [3.63, 3.8) is 0 Å². The van der Waals surface area contributed by atoms with Crippen LogP contribution in [0.25, 0.3) is 0 Å². The van der Waals surface area contributed by atoms with Crippen molar-refractivity contribution in [1.82, 2.24) is 10.2 Å². The molecule has 7 nitrogen and oxygen atoms in total. The van der Waals surface area contributed by atoms with Crippen LogP contribution in [0.15, 0.2) is 42.5 Å². The highest BCUT2D eigenvalue weighted by atomic mass is 35.5. The van der Waals surface area contributed by atoms with Gasteiger partial charge in [0.1, 0.15) is 12.6 Å². The summed E-state index contributed by atoms with van der Waals surface area (Å²) in [5.41, 5.74) is -1.02. The minimum atomic E-state index is -4.84. The molecular weight excluding hydrogens is 542 g/mol. The highest BCUT2D eigenvalue weighted by Crippen LogP contribution is 2.37. The number of nitrogens with zero attached hydrogens (tertiary/aromatic N) is 2. The summed E-state index contributed by atoms with van der Waals surface area (Å²) in [6, 6.07) is 8.02. The highest BCUT2D eigenvalue weighted by molar-refractivity contribution is 7.92. The van der Waals surface area contributed by atoms with E-state index in [4.69, 9.17) is 23.2 Å². The Hall–Kier alpha value is -2.50. The molecule has 0 spiro atoms. The summed E-state index contributed by atoms with van der Waals surface area (Å²) < 4.78 is 65.7. The molecule has 2 aromatic rings. The summed E-state index contributed by atoms with van der Waals surface area (Å²) in [5, 5.41) is 2.52. The number of benzene rings is 2. The Morgan fingerprint density at radius 2 is 1.69 bits per heavy atom. The van der Waals surface area contributed by atoms with Crippen molar-refractivity contribution in [2.24, 2.45) is 0 Å². The lowest BCUT2D eigenvalue weighted by Crippen LogP contribution is -2.51. The minimum Gasteiger partial charge on any atom is -0.354 e. The first-order chi connectivity index (χ1) is 16.6. The van der Waals surface area contributed by atoms with E-state index >= 15 is 0 Å².